The molecule has 2 aromatic heterocycles. The maximum absolute atomic E-state index is 13.8. The molecule has 1 aliphatic heterocycles. The van der Waals surface area contributed by atoms with Gasteiger partial charge in [0.05, 0.1) is 25.4 Å². The number of H-pyrrole nitrogens is 1. The third kappa shape index (κ3) is 4.25. The molecule has 0 unspecified atom stereocenters. The predicted molar refractivity (Wildman–Crippen MR) is 112 cm³/mol. The monoisotopic (exact) mass is 435 g/mol. The molecule has 7 nitrogen and oxygen atoms in total. The number of nitrogens with zero attached hydrogens (tertiary/aromatic N) is 2. The van der Waals surface area contributed by atoms with E-state index in [9.17, 15) is 13.2 Å². The van der Waals surface area contributed by atoms with Crippen LogP contribution in [0.3, 0.4) is 0 Å². The van der Waals surface area contributed by atoms with Gasteiger partial charge in [-0.05, 0) is 31.5 Å². The van der Waals surface area contributed by atoms with Crippen molar-refractivity contribution in [3.05, 3.63) is 30.1 Å². The standard InChI is InChI=1S/C21H24F3N5O2/c1-30-16-7-6-13-14(10-26-18(13)19(16)31-2)17-15(21(22,23)24)11-27-20(29-17)28-12-5-3-4-8-25-9-12/h6-7,10-12,25-26H,3-5,8-9H2,1-2H3,(H,27,28,29)/t12-/m0/s1. The van der Waals surface area contributed by atoms with Gasteiger partial charge in [-0.15, -0.1) is 0 Å². The highest BCUT2D eigenvalue weighted by atomic mass is 19.4. The van der Waals surface area contributed by atoms with E-state index in [1.165, 1.54) is 20.4 Å². The van der Waals surface area contributed by atoms with Crippen molar-refractivity contribution < 1.29 is 22.6 Å². The summed E-state index contributed by atoms with van der Waals surface area (Å²) in [5, 5.41) is 7.04. The summed E-state index contributed by atoms with van der Waals surface area (Å²) in [6.07, 6.45) is 0.740. The number of nitrogens with one attached hydrogen (secondary N) is 3. The molecule has 3 heterocycles. The molecule has 0 aliphatic carbocycles. The van der Waals surface area contributed by atoms with Crippen LogP contribution in [0.5, 0.6) is 11.5 Å². The third-order valence-electron chi connectivity index (χ3n) is 5.43. The number of methoxy groups -OCH3 is 2. The minimum Gasteiger partial charge on any atom is -0.493 e. The van der Waals surface area contributed by atoms with Gasteiger partial charge in [0.25, 0.3) is 0 Å². The first-order valence-electron chi connectivity index (χ1n) is 10.1. The van der Waals surface area contributed by atoms with Crippen molar-refractivity contribution in [2.45, 2.75) is 31.5 Å². The Kier molecular flexibility index (Phi) is 5.90. The van der Waals surface area contributed by atoms with Crippen LogP contribution in [0.4, 0.5) is 19.1 Å². The van der Waals surface area contributed by atoms with Crippen LogP contribution in [0.25, 0.3) is 22.2 Å². The van der Waals surface area contributed by atoms with Gasteiger partial charge in [0.2, 0.25) is 5.95 Å². The van der Waals surface area contributed by atoms with Crippen LogP contribution in [0.1, 0.15) is 24.8 Å². The maximum Gasteiger partial charge on any atom is 0.419 e. The van der Waals surface area contributed by atoms with Crippen molar-refractivity contribution >= 4 is 16.9 Å². The minimum atomic E-state index is -4.60. The number of aromatic amines is 1. The van der Waals surface area contributed by atoms with Gasteiger partial charge in [0, 0.05) is 35.9 Å². The number of hydrogen-bond donors (Lipinski definition) is 3. The van der Waals surface area contributed by atoms with Gasteiger partial charge in [0.1, 0.15) is 5.56 Å². The van der Waals surface area contributed by atoms with Crippen LogP contribution in [0, 0.1) is 0 Å². The Morgan fingerprint density at radius 2 is 2.00 bits per heavy atom. The molecule has 31 heavy (non-hydrogen) atoms. The van der Waals surface area contributed by atoms with E-state index in [0.717, 1.165) is 32.0 Å². The van der Waals surface area contributed by atoms with E-state index in [1.54, 1.807) is 12.1 Å². The summed E-state index contributed by atoms with van der Waals surface area (Å²) in [5.74, 6) is 1.06. The summed E-state index contributed by atoms with van der Waals surface area (Å²) in [6.45, 7) is 1.64. The van der Waals surface area contributed by atoms with Gasteiger partial charge in [-0.3, -0.25) is 0 Å². The molecule has 4 rings (SSSR count). The van der Waals surface area contributed by atoms with Crippen LogP contribution in [-0.2, 0) is 6.18 Å². The Bertz CT molecular complexity index is 1060. The number of ether oxygens (including phenoxy) is 2. The largest absolute Gasteiger partial charge is 0.493 e. The average Bonchev–Trinajstić information content (AvgIpc) is 3.01. The van der Waals surface area contributed by atoms with E-state index >= 15 is 0 Å². The van der Waals surface area contributed by atoms with Gasteiger partial charge >= 0.3 is 6.18 Å². The molecule has 1 fully saturated rings. The van der Waals surface area contributed by atoms with E-state index in [-0.39, 0.29) is 17.7 Å². The number of alkyl halides is 3. The molecule has 0 bridgehead atoms. The summed E-state index contributed by atoms with van der Waals surface area (Å²) < 4.78 is 52.0. The number of fused-ring (bicyclic) bond motifs is 1. The fraction of sp³-hybridized carbons (Fsp3) is 0.429. The fourth-order valence-corrected chi connectivity index (χ4v) is 3.90. The third-order valence-corrected chi connectivity index (χ3v) is 5.43. The van der Waals surface area contributed by atoms with E-state index in [1.807, 2.05) is 0 Å². The Morgan fingerprint density at radius 1 is 1.16 bits per heavy atom. The average molecular weight is 435 g/mol. The van der Waals surface area contributed by atoms with Crippen molar-refractivity contribution in [2.24, 2.45) is 0 Å². The van der Waals surface area contributed by atoms with Gasteiger partial charge in [-0.25, -0.2) is 9.97 Å². The Hall–Kier alpha value is -3.01. The number of halogens is 3. The van der Waals surface area contributed by atoms with Gasteiger partial charge in [0.15, 0.2) is 11.5 Å². The van der Waals surface area contributed by atoms with Crippen molar-refractivity contribution in [1.82, 2.24) is 20.3 Å². The number of aromatic nitrogens is 3. The van der Waals surface area contributed by atoms with Crippen molar-refractivity contribution in [2.75, 3.05) is 32.6 Å². The molecular formula is C21H24F3N5O2. The lowest BCUT2D eigenvalue weighted by Crippen LogP contribution is -2.31. The topological polar surface area (TPSA) is 84.1 Å². The molecule has 10 heteroatoms. The van der Waals surface area contributed by atoms with Crippen LogP contribution < -0.4 is 20.1 Å². The number of hydrogen-bond acceptors (Lipinski definition) is 6. The Balaban J connectivity index is 1.80. The molecule has 1 aromatic carbocycles. The number of benzene rings is 1. The van der Waals surface area contributed by atoms with Gasteiger partial charge < -0.3 is 25.1 Å². The lowest BCUT2D eigenvalue weighted by molar-refractivity contribution is -0.137. The molecule has 1 aliphatic rings. The smallest absolute Gasteiger partial charge is 0.419 e. The highest BCUT2D eigenvalue weighted by Crippen LogP contribution is 2.42. The van der Waals surface area contributed by atoms with Crippen LogP contribution in [0.15, 0.2) is 24.5 Å². The zero-order valence-electron chi connectivity index (χ0n) is 17.3. The summed E-state index contributed by atoms with van der Waals surface area (Å²) in [6, 6.07) is 3.40. The summed E-state index contributed by atoms with van der Waals surface area (Å²) >= 11 is 0. The molecule has 1 atom stereocenters. The van der Waals surface area contributed by atoms with Crippen LogP contribution in [-0.4, -0.2) is 48.3 Å². The quantitative estimate of drug-likeness (QED) is 0.557. The normalized spacial score (nSPS) is 17.4. The first-order chi connectivity index (χ1) is 14.9. The van der Waals surface area contributed by atoms with Crippen LogP contribution >= 0.6 is 0 Å². The highest BCUT2D eigenvalue weighted by Gasteiger charge is 2.36. The molecular weight excluding hydrogens is 411 g/mol. The predicted octanol–water partition coefficient (Wildman–Crippen LogP) is 4.21. The second-order valence-electron chi connectivity index (χ2n) is 7.42. The summed E-state index contributed by atoms with van der Waals surface area (Å²) in [5.41, 5.74) is -0.239. The van der Waals surface area contributed by atoms with E-state index in [4.69, 9.17) is 9.47 Å². The molecule has 0 radical (unpaired) electrons. The Labute approximate surface area is 177 Å². The highest BCUT2D eigenvalue weighted by molar-refractivity contribution is 5.99. The van der Waals surface area contributed by atoms with E-state index in [2.05, 4.69) is 25.6 Å². The first-order valence-corrected chi connectivity index (χ1v) is 10.1. The number of anilines is 1. The molecule has 3 N–H and O–H groups in total. The Morgan fingerprint density at radius 3 is 2.74 bits per heavy atom. The molecule has 0 amide bonds. The van der Waals surface area contributed by atoms with Crippen LogP contribution in [0.2, 0.25) is 0 Å². The minimum absolute atomic E-state index is 0.0550. The molecule has 0 saturated carbocycles. The van der Waals surface area contributed by atoms with Crippen molar-refractivity contribution in [3.63, 3.8) is 0 Å². The molecule has 166 valence electrons. The fourth-order valence-electron chi connectivity index (χ4n) is 3.90. The van der Waals surface area contributed by atoms with Crippen molar-refractivity contribution in [3.8, 4) is 22.8 Å². The van der Waals surface area contributed by atoms with Crippen molar-refractivity contribution in [1.29, 1.82) is 0 Å². The zero-order chi connectivity index (χ0) is 22.0. The maximum atomic E-state index is 13.8. The lowest BCUT2D eigenvalue weighted by atomic mass is 10.1. The molecule has 1 saturated heterocycles. The second-order valence-corrected chi connectivity index (χ2v) is 7.42. The van der Waals surface area contributed by atoms with E-state index < -0.39 is 11.7 Å². The van der Waals surface area contributed by atoms with Gasteiger partial charge in [-0.2, -0.15) is 13.2 Å². The van der Waals surface area contributed by atoms with Gasteiger partial charge in [-0.1, -0.05) is 6.42 Å². The van der Waals surface area contributed by atoms with E-state index in [0.29, 0.717) is 34.5 Å². The molecule has 3 aromatic rings. The second kappa shape index (κ2) is 8.62. The lowest BCUT2D eigenvalue weighted by Gasteiger charge is -2.18. The zero-order valence-corrected chi connectivity index (χ0v) is 17.3. The summed E-state index contributed by atoms with van der Waals surface area (Å²) in [7, 11) is 2.98. The number of rotatable bonds is 5. The molecule has 0 spiro atoms. The summed E-state index contributed by atoms with van der Waals surface area (Å²) in [4.78, 5) is 11.3. The first kappa shape index (κ1) is 21.2. The SMILES string of the molecule is COc1ccc2c(-c3nc(N[C@H]4CCCCNC4)ncc3C(F)(F)F)c[nH]c2c1OC.